The van der Waals surface area contributed by atoms with Crippen molar-refractivity contribution in [1.82, 2.24) is 41.7 Å². The van der Waals surface area contributed by atoms with E-state index >= 15 is 0 Å². The minimum absolute atomic E-state index is 0. The fourth-order valence-electron chi connectivity index (χ4n) is 2.99. The molecule has 0 rings (SSSR count). The molecule has 8 N–H and O–H groups in total. The topological polar surface area (TPSA) is 153 Å². The minimum atomic E-state index is -0.000895. The first-order valence-electron chi connectivity index (χ1n) is 18.1. The average Bonchev–Trinajstić information content (AvgIpc) is 3.13. The molecular weight excluding hydrogens is 810 g/mol. The van der Waals surface area contributed by atoms with Crippen LogP contribution >= 0.6 is 0 Å². The van der Waals surface area contributed by atoms with Crippen molar-refractivity contribution in [3.8, 4) is 0 Å². The summed E-state index contributed by atoms with van der Waals surface area (Å²) in [5.41, 5.74) is 0. The fourth-order valence-corrected chi connectivity index (χ4v) is 2.99. The van der Waals surface area contributed by atoms with Crippen molar-refractivity contribution < 1.29 is 85.2 Å². The summed E-state index contributed by atoms with van der Waals surface area (Å²) in [5, 5.41) is 32.3. The van der Waals surface area contributed by atoms with E-state index in [0.717, 1.165) is 92.5 Å². The third-order valence-electron chi connectivity index (χ3n) is 6.18. The van der Waals surface area contributed by atoms with E-state index in [9.17, 15) is 9.59 Å². The standard InChI is InChI=1S/2C13H28N4O.2C4H10.2CH4O.2CH4.2Y/c2*1-4-5-6-13(18)16-9-12-17(10-7-14-2)11-8-15-3;2*1-3-4-2;2*1-2;;;;/h2*5-6,14-15H,4,7-12H2,1-3H3,(H,16,18);2*3-4H2,1-2H3;2*2H,1H3;2*1H4;;/b2*6-5+;;;;;;;;. The smallest absolute Gasteiger partial charge is 0.243 e. The number of amides is 2. The molecule has 0 fully saturated rings. The van der Waals surface area contributed by atoms with Crippen molar-refractivity contribution in [1.29, 1.82) is 0 Å². The van der Waals surface area contributed by atoms with Crippen molar-refractivity contribution in [2.75, 3.05) is 121 Å². The van der Waals surface area contributed by atoms with Crippen LogP contribution in [0.2, 0.25) is 0 Å². The molecule has 314 valence electrons. The molecule has 0 heterocycles. The molecule has 2 radical (unpaired) electrons. The SMILES string of the molecule is C.C.CC/C=C/C(=O)NCCN(CCNC)CCNC.CC/C=C/C(=O)NCCN(CCNC)CCNC.CCCC.CCCC.CO.CO.[Y].[Y]. The summed E-state index contributed by atoms with van der Waals surface area (Å²) in [5.74, 6) is -0.00179. The van der Waals surface area contributed by atoms with Gasteiger partial charge in [-0.25, -0.2) is 0 Å². The van der Waals surface area contributed by atoms with Gasteiger partial charge in [-0.15, -0.1) is 0 Å². The second kappa shape index (κ2) is 79.9. The molecule has 0 unspecified atom stereocenters. The number of rotatable bonds is 24. The van der Waals surface area contributed by atoms with Gasteiger partial charge in [-0.1, -0.05) is 94.2 Å². The van der Waals surface area contributed by atoms with E-state index in [0.29, 0.717) is 13.1 Å². The van der Waals surface area contributed by atoms with Gasteiger partial charge in [0.25, 0.3) is 0 Å². The first-order chi connectivity index (χ1) is 23.3. The molecule has 0 saturated heterocycles. The van der Waals surface area contributed by atoms with E-state index in [1.807, 2.05) is 54.2 Å². The molecule has 52 heavy (non-hydrogen) atoms. The Labute approximate surface area is 375 Å². The molecule has 0 bridgehead atoms. The minimum Gasteiger partial charge on any atom is -0.400 e. The van der Waals surface area contributed by atoms with Gasteiger partial charge in [0.2, 0.25) is 11.8 Å². The van der Waals surface area contributed by atoms with Crippen LogP contribution in [0.15, 0.2) is 24.3 Å². The zero-order valence-electron chi connectivity index (χ0n) is 34.8. The Morgan fingerprint density at radius 2 is 0.673 bits per heavy atom. The number of unbranched alkanes of at least 4 members (excludes halogenated alkanes) is 2. The number of nitrogens with zero attached hydrogens (tertiary/aromatic N) is 2. The third-order valence-corrected chi connectivity index (χ3v) is 6.18. The van der Waals surface area contributed by atoms with Crippen LogP contribution in [0.4, 0.5) is 0 Å². The van der Waals surface area contributed by atoms with Gasteiger partial charge < -0.3 is 42.1 Å². The fraction of sp³-hybridized carbons (Fsp3) is 0.842. The summed E-state index contributed by atoms with van der Waals surface area (Å²) in [6.07, 6.45) is 14.0. The molecule has 0 aromatic heterocycles. The molecule has 0 aromatic carbocycles. The maximum atomic E-state index is 11.4. The van der Waals surface area contributed by atoms with Crippen molar-refractivity contribution in [2.24, 2.45) is 0 Å². The number of hydrogen-bond acceptors (Lipinski definition) is 10. The third kappa shape index (κ3) is 83.3. The quantitative estimate of drug-likeness (QED) is 0.0674. The van der Waals surface area contributed by atoms with Gasteiger partial charge in [-0.2, -0.15) is 0 Å². The van der Waals surface area contributed by atoms with Crippen LogP contribution in [0.5, 0.6) is 0 Å². The van der Waals surface area contributed by atoms with Crippen molar-refractivity contribution in [2.45, 2.75) is 94.9 Å². The summed E-state index contributed by atoms with van der Waals surface area (Å²) < 4.78 is 0. The first kappa shape index (κ1) is 76.9. The molecule has 0 aliphatic rings. The number of aliphatic hydroxyl groups is 2. The van der Waals surface area contributed by atoms with Crippen LogP contribution in [0.25, 0.3) is 0 Å². The second-order valence-corrected chi connectivity index (χ2v) is 10.3. The first-order valence-corrected chi connectivity index (χ1v) is 18.1. The van der Waals surface area contributed by atoms with Crippen molar-refractivity contribution in [3.63, 3.8) is 0 Å². The number of carbonyl (C=O) groups is 2. The predicted octanol–water partition coefficient (Wildman–Crippen LogP) is 3.72. The zero-order valence-corrected chi connectivity index (χ0v) is 40.5. The zero-order chi connectivity index (χ0) is 38.1. The van der Waals surface area contributed by atoms with Crippen LogP contribution in [-0.2, 0) is 75.0 Å². The van der Waals surface area contributed by atoms with Gasteiger partial charge in [-0.05, 0) is 53.2 Å². The van der Waals surface area contributed by atoms with Crippen molar-refractivity contribution in [3.05, 3.63) is 24.3 Å². The van der Waals surface area contributed by atoms with Gasteiger partial charge in [0, 0.05) is 158 Å². The molecule has 0 aliphatic carbocycles. The molecule has 0 spiro atoms. The predicted molar refractivity (Wildman–Crippen MR) is 224 cm³/mol. The van der Waals surface area contributed by atoms with E-state index < -0.39 is 0 Å². The van der Waals surface area contributed by atoms with Crippen molar-refractivity contribution >= 4 is 11.8 Å². The second-order valence-electron chi connectivity index (χ2n) is 10.3. The van der Waals surface area contributed by atoms with E-state index in [1.54, 1.807) is 12.2 Å². The van der Waals surface area contributed by atoms with Gasteiger partial charge in [0.1, 0.15) is 0 Å². The van der Waals surface area contributed by atoms with E-state index in [-0.39, 0.29) is 92.1 Å². The molecule has 0 aromatic rings. The van der Waals surface area contributed by atoms with E-state index in [4.69, 9.17) is 10.2 Å². The molecule has 0 saturated carbocycles. The summed E-state index contributed by atoms with van der Waals surface area (Å²) in [6, 6.07) is 0. The van der Waals surface area contributed by atoms with Gasteiger partial charge >= 0.3 is 0 Å². The Kier molecular flexibility index (Phi) is 118. The number of allylic oxidation sites excluding steroid dienone is 2. The maximum absolute atomic E-state index is 11.4. The Balaban J connectivity index is -0.0000000612. The summed E-state index contributed by atoms with van der Waals surface area (Å²) >= 11 is 0. The molecule has 0 aliphatic heterocycles. The summed E-state index contributed by atoms with van der Waals surface area (Å²) in [4.78, 5) is 27.4. The summed E-state index contributed by atoms with van der Waals surface area (Å²) in [6.45, 7) is 23.8. The van der Waals surface area contributed by atoms with Gasteiger partial charge in [0.15, 0.2) is 0 Å². The Morgan fingerprint density at radius 3 is 0.846 bits per heavy atom. The molecular formula is C38H92N8O4Y2. The number of nitrogens with one attached hydrogen (secondary N) is 6. The number of carbonyl (C=O) groups excluding carboxylic acids is 2. The average molecular weight is 903 g/mol. The largest absolute Gasteiger partial charge is 0.400 e. The van der Waals surface area contributed by atoms with Gasteiger partial charge in [0.05, 0.1) is 0 Å². The Hall–Kier alpha value is 0.308. The van der Waals surface area contributed by atoms with Gasteiger partial charge in [-0.3, -0.25) is 19.4 Å². The Morgan fingerprint density at radius 1 is 0.462 bits per heavy atom. The molecule has 12 nitrogen and oxygen atoms in total. The van der Waals surface area contributed by atoms with Crippen LogP contribution in [-0.4, -0.2) is 153 Å². The van der Waals surface area contributed by atoms with Crippen LogP contribution in [0, 0.1) is 0 Å². The monoisotopic (exact) mass is 903 g/mol. The number of aliphatic hydroxyl groups excluding tert-OH is 2. The number of likely N-dealkylation sites (N-methyl/N-ethyl adjacent to an activating group) is 4. The van der Waals surface area contributed by atoms with Crippen LogP contribution in [0.3, 0.4) is 0 Å². The summed E-state index contributed by atoms with van der Waals surface area (Å²) in [7, 11) is 9.81. The van der Waals surface area contributed by atoms with Crippen LogP contribution in [0.1, 0.15) is 94.9 Å². The van der Waals surface area contributed by atoms with E-state index in [1.165, 1.54) is 25.7 Å². The number of hydrogen-bond donors (Lipinski definition) is 8. The Bertz CT molecular complexity index is 568. The van der Waals surface area contributed by atoms with Crippen LogP contribution < -0.4 is 31.9 Å². The molecule has 0 atom stereocenters. The maximum Gasteiger partial charge on any atom is 0.243 e. The van der Waals surface area contributed by atoms with E-state index in [2.05, 4.69) is 69.4 Å². The molecule has 2 amide bonds. The normalized spacial score (nSPS) is 9.23. The molecule has 14 heteroatoms.